The zero-order valence-electron chi connectivity index (χ0n) is 15.8. The van der Waals surface area contributed by atoms with Gasteiger partial charge in [-0.05, 0) is 29.8 Å². The number of anilines is 1. The van der Waals surface area contributed by atoms with E-state index in [-0.39, 0.29) is 28.7 Å². The Morgan fingerprint density at radius 3 is 2.73 bits per heavy atom. The highest BCUT2D eigenvalue weighted by Gasteiger charge is 2.17. The summed E-state index contributed by atoms with van der Waals surface area (Å²) in [5, 5.41) is 3.96. The topological polar surface area (TPSA) is 104 Å². The summed E-state index contributed by atoms with van der Waals surface area (Å²) in [6, 6.07) is 10.4. The second-order valence-corrected chi connectivity index (χ2v) is 8.10. The normalized spacial score (nSPS) is 10.5. The van der Waals surface area contributed by atoms with Crippen molar-refractivity contribution in [2.24, 2.45) is 5.73 Å². The lowest BCUT2D eigenvalue weighted by atomic mass is 10.1. The lowest BCUT2D eigenvalue weighted by molar-refractivity contribution is -0.119. The molecule has 0 radical (unpaired) electrons. The third kappa shape index (κ3) is 5.63. The Hall–Kier alpha value is -2.81. The van der Waals surface area contributed by atoms with Crippen molar-refractivity contribution in [3.63, 3.8) is 0 Å². The van der Waals surface area contributed by atoms with Gasteiger partial charge in [0.1, 0.15) is 0 Å². The van der Waals surface area contributed by atoms with Crippen LogP contribution < -0.4 is 20.5 Å². The van der Waals surface area contributed by atoms with Crippen LogP contribution in [0, 0.1) is 0 Å². The van der Waals surface area contributed by atoms with E-state index in [1.54, 1.807) is 6.20 Å². The number of rotatable bonds is 8. The van der Waals surface area contributed by atoms with Gasteiger partial charge in [0, 0.05) is 28.1 Å². The average molecular weight is 466 g/mol. The van der Waals surface area contributed by atoms with Crippen LogP contribution in [0.4, 0.5) is 5.13 Å². The van der Waals surface area contributed by atoms with E-state index in [0.29, 0.717) is 16.6 Å². The average Bonchev–Trinajstić information content (AvgIpc) is 3.12. The van der Waals surface area contributed by atoms with Gasteiger partial charge in [-0.2, -0.15) is 0 Å². The number of nitrogens with two attached hydrogens (primary N) is 1. The van der Waals surface area contributed by atoms with Crippen LogP contribution in [0.15, 0.2) is 42.6 Å². The predicted molar refractivity (Wildman–Crippen MR) is 117 cm³/mol. The molecule has 2 amide bonds. The first kappa shape index (κ1) is 21.9. The van der Waals surface area contributed by atoms with Gasteiger partial charge in [0.2, 0.25) is 0 Å². The molecule has 2 aromatic carbocycles. The van der Waals surface area contributed by atoms with Crippen LogP contribution in [-0.2, 0) is 11.2 Å². The van der Waals surface area contributed by atoms with Gasteiger partial charge in [0.05, 0.1) is 12.1 Å². The summed E-state index contributed by atoms with van der Waals surface area (Å²) < 4.78 is 10.5. The molecule has 1 aromatic heterocycles. The minimum absolute atomic E-state index is 0.113. The van der Waals surface area contributed by atoms with Crippen molar-refractivity contribution in [2.75, 3.05) is 19.0 Å². The van der Waals surface area contributed by atoms with E-state index in [0.717, 1.165) is 10.4 Å². The van der Waals surface area contributed by atoms with Crippen LogP contribution >= 0.6 is 34.5 Å². The molecule has 0 fully saturated rings. The Balaban J connectivity index is 1.72. The Bertz CT molecular complexity index is 1090. The van der Waals surface area contributed by atoms with Crippen LogP contribution in [0.3, 0.4) is 0 Å². The fraction of sp³-hybridized carbons (Fsp3) is 0.150. The van der Waals surface area contributed by atoms with Gasteiger partial charge in [-0.1, -0.05) is 35.3 Å². The van der Waals surface area contributed by atoms with Crippen LogP contribution in [0.1, 0.15) is 20.8 Å². The Morgan fingerprint density at radius 2 is 2.03 bits per heavy atom. The molecule has 0 saturated carbocycles. The molecule has 0 bridgehead atoms. The quantitative estimate of drug-likeness (QED) is 0.519. The number of carbonyl (C=O) groups excluding carboxylic acids is 2. The van der Waals surface area contributed by atoms with Gasteiger partial charge in [0.15, 0.2) is 23.2 Å². The second kappa shape index (κ2) is 9.80. The number of halogens is 2. The third-order valence-electron chi connectivity index (χ3n) is 3.89. The predicted octanol–water partition coefficient (Wildman–Crippen LogP) is 4.17. The van der Waals surface area contributed by atoms with Crippen molar-refractivity contribution in [1.29, 1.82) is 0 Å². The molecule has 7 nitrogen and oxygen atoms in total. The second-order valence-electron chi connectivity index (χ2n) is 6.14. The fourth-order valence-corrected chi connectivity index (χ4v) is 3.92. The van der Waals surface area contributed by atoms with E-state index in [1.165, 1.54) is 30.6 Å². The maximum absolute atomic E-state index is 12.6. The van der Waals surface area contributed by atoms with E-state index in [2.05, 4.69) is 10.3 Å². The molecule has 0 atom stereocenters. The Kier molecular flexibility index (Phi) is 7.15. The number of benzene rings is 2. The highest BCUT2D eigenvalue weighted by molar-refractivity contribution is 7.15. The fourth-order valence-electron chi connectivity index (χ4n) is 2.60. The molecular weight excluding hydrogens is 449 g/mol. The number of thiazole rings is 1. The van der Waals surface area contributed by atoms with Crippen LogP contribution in [0.25, 0.3) is 0 Å². The number of carbonyl (C=O) groups is 2. The molecule has 30 heavy (non-hydrogen) atoms. The van der Waals surface area contributed by atoms with E-state index >= 15 is 0 Å². The number of primary amides is 1. The summed E-state index contributed by atoms with van der Waals surface area (Å²) >= 11 is 13.6. The maximum Gasteiger partial charge on any atom is 0.257 e. The minimum Gasteiger partial charge on any atom is -0.493 e. The van der Waals surface area contributed by atoms with Crippen molar-refractivity contribution in [3.8, 4) is 11.5 Å². The molecular formula is C20H17Cl2N3O4S. The Labute approximate surface area is 186 Å². The van der Waals surface area contributed by atoms with Crippen molar-refractivity contribution in [3.05, 3.63) is 68.6 Å². The van der Waals surface area contributed by atoms with Gasteiger partial charge in [-0.15, -0.1) is 11.3 Å². The van der Waals surface area contributed by atoms with Crippen LogP contribution in [0.5, 0.6) is 11.5 Å². The molecule has 0 spiro atoms. The summed E-state index contributed by atoms with van der Waals surface area (Å²) in [7, 11) is 1.40. The number of nitrogens with one attached hydrogen (secondary N) is 1. The summed E-state index contributed by atoms with van der Waals surface area (Å²) in [5.74, 6) is -0.741. The Morgan fingerprint density at radius 1 is 1.23 bits per heavy atom. The summed E-state index contributed by atoms with van der Waals surface area (Å²) in [5.41, 5.74) is 6.37. The van der Waals surface area contributed by atoms with Gasteiger partial charge in [-0.25, -0.2) is 4.98 Å². The van der Waals surface area contributed by atoms with Crippen LogP contribution in [0.2, 0.25) is 10.0 Å². The molecule has 3 rings (SSSR count). The number of hydrogen-bond donors (Lipinski definition) is 2. The molecule has 0 aliphatic rings. The molecule has 3 aromatic rings. The van der Waals surface area contributed by atoms with E-state index < -0.39 is 11.8 Å². The van der Waals surface area contributed by atoms with Gasteiger partial charge in [0.25, 0.3) is 11.8 Å². The first-order valence-electron chi connectivity index (χ1n) is 8.65. The SMILES string of the molecule is COc1cc(C(=O)Nc2ncc(Cc3cccc(Cl)c3)s2)cc(Cl)c1OCC(N)=O. The zero-order chi connectivity index (χ0) is 21.7. The van der Waals surface area contributed by atoms with Crippen molar-refractivity contribution in [1.82, 2.24) is 4.98 Å². The standard InChI is InChI=1S/C20H17Cl2N3O4S/c1-28-16-8-12(7-15(22)18(16)29-10-17(23)26)19(27)25-20-24-9-14(30-20)6-11-3-2-4-13(21)5-11/h2-5,7-9H,6,10H2,1H3,(H2,23,26)(H,24,25,27). The van der Waals surface area contributed by atoms with Crippen molar-refractivity contribution >= 4 is 51.5 Å². The molecule has 0 aliphatic carbocycles. The maximum atomic E-state index is 12.6. The molecule has 0 aliphatic heterocycles. The third-order valence-corrected chi connectivity index (χ3v) is 5.32. The van der Waals surface area contributed by atoms with Gasteiger partial charge < -0.3 is 15.2 Å². The summed E-state index contributed by atoms with van der Waals surface area (Å²) in [4.78, 5) is 28.8. The summed E-state index contributed by atoms with van der Waals surface area (Å²) in [6.07, 6.45) is 2.36. The van der Waals surface area contributed by atoms with Gasteiger partial charge in [-0.3, -0.25) is 14.9 Å². The molecule has 3 N–H and O–H groups in total. The first-order chi connectivity index (χ1) is 14.4. The number of ether oxygens (including phenoxy) is 2. The molecule has 1 heterocycles. The molecule has 156 valence electrons. The smallest absolute Gasteiger partial charge is 0.257 e. The lowest BCUT2D eigenvalue weighted by Gasteiger charge is -2.13. The lowest BCUT2D eigenvalue weighted by Crippen LogP contribution is -2.20. The monoisotopic (exact) mass is 465 g/mol. The first-order valence-corrected chi connectivity index (χ1v) is 10.2. The molecule has 0 saturated heterocycles. The highest BCUT2D eigenvalue weighted by Crippen LogP contribution is 2.36. The highest BCUT2D eigenvalue weighted by atomic mass is 35.5. The van der Waals surface area contributed by atoms with E-state index in [4.69, 9.17) is 38.4 Å². The summed E-state index contributed by atoms with van der Waals surface area (Å²) in [6.45, 7) is -0.365. The van der Waals surface area contributed by atoms with Crippen molar-refractivity contribution < 1.29 is 19.1 Å². The van der Waals surface area contributed by atoms with E-state index in [9.17, 15) is 9.59 Å². The number of hydrogen-bond acceptors (Lipinski definition) is 6. The zero-order valence-corrected chi connectivity index (χ0v) is 18.1. The molecule has 0 unspecified atom stereocenters. The number of methoxy groups -OCH3 is 1. The van der Waals surface area contributed by atoms with Crippen LogP contribution in [-0.4, -0.2) is 30.5 Å². The number of aromatic nitrogens is 1. The molecule has 10 heteroatoms. The van der Waals surface area contributed by atoms with Gasteiger partial charge >= 0.3 is 0 Å². The number of amides is 2. The minimum atomic E-state index is -0.660. The van der Waals surface area contributed by atoms with Crippen molar-refractivity contribution in [2.45, 2.75) is 6.42 Å². The number of nitrogens with zero attached hydrogens (tertiary/aromatic N) is 1. The van der Waals surface area contributed by atoms with E-state index in [1.807, 2.05) is 24.3 Å². The largest absolute Gasteiger partial charge is 0.493 e.